The smallest absolute Gasteiger partial charge is 0.132 e. The first-order valence-electron chi connectivity index (χ1n) is 5.80. The van der Waals surface area contributed by atoms with Crippen LogP contribution in [0.2, 0.25) is 0 Å². The summed E-state index contributed by atoms with van der Waals surface area (Å²) in [5.41, 5.74) is 7.05. The van der Waals surface area contributed by atoms with Crippen LogP contribution >= 0.6 is 27.3 Å². The van der Waals surface area contributed by atoms with Gasteiger partial charge in [-0.05, 0) is 31.0 Å². The third-order valence-electron chi connectivity index (χ3n) is 3.25. The van der Waals surface area contributed by atoms with Gasteiger partial charge in [0.25, 0.3) is 0 Å². The Kier molecular flexibility index (Phi) is 3.21. The van der Waals surface area contributed by atoms with Crippen molar-refractivity contribution in [3.63, 3.8) is 0 Å². The first-order chi connectivity index (χ1) is 8.63. The summed E-state index contributed by atoms with van der Waals surface area (Å²) in [5.74, 6) is 0.231. The number of aromatic nitrogens is 1. The summed E-state index contributed by atoms with van der Waals surface area (Å²) >= 11 is 4.95. The number of rotatable bonds is 2. The molecule has 0 aliphatic heterocycles. The van der Waals surface area contributed by atoms with Gasteiger partial charge < -0.3 is 5.73 Å². The zero-order valence-electron chi connectivity index (χ0n) is 9.57. The van der Waals surface area contributed by atoms with Crippen LogP contribution in [0.25, 0.3) is 11.3 Å². The molecule has 1 fully saturated rings. The van der Waals surface area contributed by atoms with Crippen LogP contribution in [0.4, 0.5) is 4.39 Å². The second kappa shape index (κ2) is 4.72. The lowest BCUT2D eigenvalue weighted by Gasteiger charge is -2.30. The predicted molar refractivity (Wildman–Crippen MR) is 75.2 cm³/mol. The van der Waals surface area contributed by atoms with Gasteiger partial charge in [-0.25, -0.2) is 9.37 Å². The summed E-state index contributed by atoms with van der Waals surface area (Å²) in [7, 11) is 0. The van der Waals surface area contributed by atoms with Gasteiger partial charge in [0.05, 0.1) is 10.7 Å². The van der Waals surface area contributed by atoms with Crippen molar-refractivity contribution >= 4 is 27.3 Å². The Hall–Kier alpha value is -0.780. The van der Waals surface area contributed by atoms with E-state index in [9.17, 15) is 4.39 Å². The summed E-state index contributed by atoms with van der Waals surface area (Å²) in [4.78, 5) is 4.54. The zero-order chi connectivity index (χ0) is 12.7. The Morgan fingerprint density at radius 3 is 2.89 bits per heavy atom. The highest BCUT2D eigenvalue weighted by Crippen LogP contribution is 2.39. The monoisotopic (exact) mass is 326 g/mol. The van der Waals surface area contributed by atoms with Crippen LogP contribution in [0, 0.1) is 5.82 Å². The van der Waals surface area contributed by atoms with Crippen molar-refractivity contribution in [1.29, 1.82) is 0 Å². The Morgan fingerprint density at radius 1 is 1.39 bits per heavy atom. The third kappa shape index (κ3) is 2.22. The number of nitrogens with zero attached hydrogens (tertiary/aromatic N) is 1. The number of hydrogen-bond acceptors (Lipinski definition) is 3. The average molecular weight is 327 g/mol. The lowest BCUT2D eigenvalue weighted by Crippen LogP contribution is -2.34. The van der Waals surface area contributed by atoms with Crippen molar-refractivity contribution in [2.45, 2.75) is 24.8 Å². The molecule has 0 radical (unpaired) electrons. The van der Waals surface area contributed by atoms with Gasteiger partial charge >= 0.3 is 0 Å². The minimum atomic E-state index is -0.236. The van der Waals surface area contributed by atoms with Crippen LogP contribution < -0.4 is 5.73 Å². The van der Waals surface area contributed by atoms with Crippen molar-refractivity contribution in [3.8, 4) is 11.3 Å². The van der Waals surface area contributed by atoms with Crippen molar-refractivity contribution in [3.05, 3.63) is 38.9 Å². The summed E-state index contributed by atoms with van der Waals surface area (Å²) in [6, 6.07) is 5.22. The first-order valence-corrected chi connectivity index (χ1v) is 7.47. The molecule has 0 amide bonds. The lowest BCUT2D eigenvalue weighted by atomic mass is 9.81. The van der Waals surface area contributed by atoms with E-state index in [0.29, 0.717) is 23.2 Å². The lowest BCUT2D eigenvalue weighted by molar-refractivity contribution is 0.351. The molecule has 0 atom stereocenters. The SMILES string of the molecule is NC1CC(c2nc(-c3cc(Br)ccc3F)cs2)C1. The van der Waals surface area contributed by atoms with E-state index in [1.807, 2.05) is 5.38 Å². The van der Waals surface area contributed by atoms with E-state index in [1.54, 1.807) is 23.5 Å². The van der Waals surface area contributed by atoms with E-state index in [1.165, 1.54) is 6.07 Å². The molecule has 0 spiro atoms. The van der Waals surface area contributed by atoms with Crippen LogP contribution in [0.3, 0.4) is 0 Å². The molecule has 1 heterocycles. The largest absolute Gasteiger partial charge is 0.328 e. The van der Waals surface area contributed by atoms with E-state index in [4.69, 9.17) is 5.73 Å². The maximum Gasteiger partial charge on any atom is 0.132 e. The minimum absolute atomic E-state index is 0.236. The Balaban J connectivity index is 1.90. The molecular formula is C13H12BrFN2S. The van der Waals surface area contributed by atoms with Crippen molar-refractivity contribution < 1.29 is 4.39 Å². The molecule has 2 nitrogen and oxygen atoms in total. The van der Waals surface area contributed by atoms with Gasteiger partial charge in [0.15, 0.2) is 0 Å². The maximum absolute atomic E-state index is 13.7. The minimum Gasteiger partial charge on any atom is -0.328 e. The molecule has 94 valence electrons. The number of hydrogen-bond donors (Lipinski definition) is 1. The fraction of sp³-hybridized carbons (Fsp3) is 0.308. The third-order valence-corrected chi connectivity index (χ3v) is 4.75. The highest BCUT2D eigenvalue weighted by molar-refractivity contribution is 9.10. The second-order valence-corrected chi connectivity index (χ2v) is 6.43. The fourth-order valence-corrected chi connectivity index (χ4v) is 3.47. The predicted octanol–water partition coefficient (Wildman–Crippen LogP) is 3.92. The van der Waals surface area contributed by atoms with Gasteiger partial charge in [-0.15, -0.1) is 11.3 Å². The topological polar surface area (TPSA) is 38.9 Å². The molecule has 0 saturated heterocycles. The van der Waals surface area contributed by atoms with E-state index in [0.717, 1.165) is 22.3 Å². The number of nitrogens with two attached hydrogens (primary N) is 1. The quantitative estimate of drug-likeness (QED) is 0.908. The van der Waals surface area contributed by atoms with Gasteiger partial charge in [-0.2, -0.15) is 0 Å². The molecule has 1 aromatic carbocycles. The molecule has 5 heteroatoms. The fourth-order valence-electron chi connectivity index (χ4n) is 2.16. The molecule has 0 bridgehead atoms. The zero-order valence-corrected chi connectivity index (χ0v) is 12.0. The highest BCUT2D eigenvalue weighted by Gasteiger charge is 2.29. The van der Waals surface area contributed by atoms with Gasteiger partial charge in [-0.1, -0.05) is 15.9 Å². The van der Waals surface area contributed by atoms with Crippen LogP contribution in [-0.4, -0.2) is 11.0 Å². The highest BCUT2D eigenvalue weighted by atomic mass is 79.9. The molecular weight excluding hydrogens is 315 g/mol. The average Bonchev–Trinajstić information content (AvgIpc) is 2.77. The van der Waals surface area contributed by atoms with Crippen molar-refractivity contribution in [1.82, 2.24) is 4.98 Å². The maximum atomic E-state index is 13.7. The first kappa shape index (κ1) is 12.3. The molecule has 3 rings (SSSR count). The number of benzene rings is 1. The molecule has 1 aromatic heterocycles. The van der Waals surface area contributed by atoms with E-state index in [2.05, 4.69) is 20.9 Å². The molecule has 1 saturated carbocycles. The van der Waals surface area contributed by atoms with Gasteiger partial charge in [-0.3, -0.25) is 0 Å². The van der Waals surface area contributed by atoms with E-state index >= 15 is 0 Å². The Labute approximate surface area is 117 Å². The Bertz CT molecular complexity index is 578. The number of thiazole rings is 1. The van der Waals surface area contributed by atoms with Crippen molar-refractivity contribution in [2.24, 2.45) is 5.73 Å². The molecule has 1 aliphatic rings. The van der Waals surface area contributed by atoms with Crippen molar-refractivity contribution in [2.75, 3.05) is 0 Å². The summed E-state index contributed by atoms with van der Waals surface area (Å²) in [6.45, 7) is 0. The van der Waals surface area contributed by atoms with Gasteiger partial charge in [0.1, 0.15) is 5.82 Å². The van der Waals surface area contributed by atoms with Crippen LogP contribution in [-0.2, 0) is 0 Å². The van der Waals surface area contributed by atoms with E-state index in [-0.39, 0.29) is 5.82 Å². The number of halogens is 2. The molecule has 2 aromatic rings. The molecule has 0 unspecified atom stereocenters. The second-order valence-electron chi connectivity index (χ2n) is 4.62. The van der Waals surface area contributed by atoms with Crippen LogP contribution in [0.1, 0.15) is 23.8 Å². The molecule has 18 heavy (non-hydrogen) atoms. The van der Waals surface area contributed by atoms with E-state index < -0.39 is 0 Å². The summed E-state index contributed by atoms with van der Waals surface area (Å²) in [5, 5.41) is 3.00. The van der Waals surface area contributed by atoms with Crippen LogP contribution in [0.5, 0.6) is 0 Å². The Morgan fingerprint density at radius 2 is 2.17 bits per heavy atom. The molecule has 2 N–H and O–H groups in total. The normalized spacial score (nSPS) is 22.8. The van der Waals surface area contributed by atoms with Gasteiger partial charge in [0.2, 0.25) is 0 Å². The van der Waals surface area contributed by atoms with Crippen LogP contribution in [0.15, 0.2) is 28.1 Å². The van der Waals surface area contributed by atoms with Gasteiger partial charge in [0, 0.05) is 27.4 Å². The standard InChI is InChI=1S/C13H12BrFN2S/c14-8-1-2-11(15)10(5-8)12-6-18-13(17-12)7-3-9(16)4-7/h1-2,5-7,9H,3-4,16H2. The molecule has 1 aliphatic carbocycles. The summed E-state index contributed by atoms with van der Waals surface area (Å²) in [6.07, 6.45) is 1.99. The summed E-state index contributed by atoms with van der Waals surface area (Å²) < 4.78 is 14.6.